The SMILES string of the molecule is COc1cc(OC)cc(C(C)Nc2nc(C)c(-c3nc4ccccc4s3)c(N[C@@H]3C[C@H](CO)[C@@H](O)[C@H]3O)n2)c1. The Balaban J connectivity index is 1.53. The molecule has 2 aromatic carbocycles. The van der Waals surface area contributed by atoms with Crippen LogP contribution in [0.15, 0.2) is 42.5 Å². The molecule has 5 atom stereocenters. The normalized spacial score (nSPS) is 21.6. The van der Waals surface area contributed by atoms with E-state index in [1.807, 2.05) is 56.3 Å². The Morgan fingerprint density at radius 1 is 1.03 bits per heavy atom. The average Bonchev–Trinajstić information content (AvgIpc) is 3.48. The number of hydrogen-bond acceptors (Lipinski definition) is 11. The maximum absolute atomic E-state index is 10.7. The molecule has 10 nitrogen and oxygen atoms in total. The molecule has 1 aliphatic rings. The summed E-state index contributed by atoms with van der Waals surface area (Å²) >= 11 is 1.54. The lowest BCUT2D eigenvalue weighted by molar-refractivity contribution is 0.00446. The van der Waals surface area contributed by atoms with E-state index in [0.717, 1.165) is 26.4 Å². The molecule has 0 bridgehead atoms. The van der Waals surface area contributed by atoms with E-state index in [1.165, 1.54) is 11.3 Å². The van der Waals surface area contributed by atoms with Crippen molar-refractivity contribution in [2.24, 2.45) is 5.92 Å². The molecule has 5 rings (SSSR count). The van der Waals surface area contributed by atoms with Gasteiger partial charge in [-0.2, -0.15) is 4.98 Å². The Kier molecular flexibility index (Phi) is 7.85. The standard InChI is InChI=1S/C28H33N5O5S/c1-14(16-9-18(37-3)12-19(10-16)38-4)29-28-30-15(2)23(27-32-20-7-5-6-8-22(20)39-27)26(33-28)31-21-11-17(13-34)24(35)25(21)36/h5-10,12,14,17,21,24-25,34-36H,11,13H2,1-4H3,(H2,29,30,31,33)/t14?,17-,21-,24-,25+/m1/s1. The zero-order chi connectivity index (χ0) is 27.7. The number of methoxy groups -OCH3 is 2. The number of aromatic nitrogens is 3. The van der Waals surface area contributed by atoms with Gasteiger partial charge in [0, 0.05) is 18.6 Å². The van der Waals surface area contributed by atoms with E-state index in [1.54, 1.807) is 14.2 Å². The number of ether oxygens (including phenoxy) is 2. The van der Waals surface area contributed by atoms with E-state index < -0.39 is 24.2 Å². The highest BCUT2D eigenvalue weighted by Gasteiger charge is 2.41. The molecule has 206 valence electrons. The van der Waals surface area contributed by atoms with Crippen LogP contribution in [0.4, 0.5) is 11.8 Å². The van der Waals surface area contributed by atoms with E-state index in [9.17, 15) is 15.3 Å². The van der Waals surface area contributed by atoms with E-state index in [0.29, 0.717) is 35.4 Å². The Morgan fingerprint density at radius 3 is 2.38 bits per heavy atom. The molecule has 0 amide bonds. The van der Waals surface area contributed by atoms with Crippen molar-refractivity contribution in [2.45, 2.75) is 44.6 Å². The molecule has 1 fully saturated rings. The largest absolute Gasteiger partial charge is 0.497 e. The lowest BCUT2D eigenvalue weighted by Gasteiger charge is -2.22. The zero-order valence-corrected chi connectivity index (χ0v) is 23.1. The Morgan fingerprint density at radius 2 is 1.74 bits per heavy atom. The first kappa shape index (κ1) is 27.1. The minimum atomic E-state index is -1.06. The van der Waals surface area contributed by atoms with Gasteiger partial charge in [-0.25, -0.2) is 9.97 Å². The van der Waals surface area contributed by atoms with Crippen LogP contribution in [0.1, 0.15) is 30.6 Å². The van der Waals surface area contributed by atoms with Crippen molar-refractivity contribution in [3.05, 3.63) is 53.7 Å². The van der Waals surface area contributed by atoms with Gasteiger partial charge in [-0.1, -0.05) is 12.1 Å². The van der Waals surface area contributed by atoms with Gasteiger partial charge >= 0.3 is 0 Å². The highest BCUT2D eigenvalue weighted by Crippen LogP contribution is 2.38. The molecule has 2 aromatic heterocycles. The van der Waals surface area contributed by atoms with Crippen LogP contribution in [0.25, 0.3) is 20.8 Å². The molecule has 11 heteroatoms. The summed E-state index contributed by atoms with van der Waals surface area (Å²) in [6.07, 6.45) is -1.69. The number of aliphatic hydroxyl groups excluding tert-OH is 3. The molecule has 5 N–H and O–H groups in total. The predicted octanol–water partition coefficient (Wildman–Crippen LogP) is 3.77. The maximum Gasteiger partial charge on any atom is 0.225 e. The number of thiazole rings is 1. The Hall–Kier alpha value is -3.51. The molecule has 4 aromatic rings. The second kappa shape index (κ2) is 11.3. The summed E-state index contributed by atoms with van der Waals surface area (Å²) in [6, 6.07) is 12.9. The topological polar surface area (TPSA) is 142 Å². The van der Waals surface area contributed by atoms with Gasteiger partial charge in [0.15, 0.2) is 0 Å². The quantitative estimate of drug-likeness (QED) is 0.209. The van der Waals surface area contributed by atoms with Crippen molar-refractivity contribution in [2.75, 3.05) is 31.5 Å². The Bertz CT molecular complexity index is 1410. The average molecular weight is 552 g/mol. The van der Waals surface area contributed by atoms with E-state index in [2.05, 4.69) is 10.6 Å². The van der Waals surface area contributed by atoms with Crippen molar-refractivity contribution >= 4 is 33.3 Å². The van der Waals surface area contributed by atoms with Gasteiger partial charge in [-0.15, -0.1) is 11.3 Å². The molecular formula is C28H33N5O5S. The van der Waals surface area contributed by atoms with Gasteiger partial charge in [0.2, 0.25) is 5.95 Å². The molecule has 39 heavy (non-hydrogen) atoms. The van der Waals surface area contributed by atoms with Crippen molar-refractivity contribution in [1.82, 2.24) is 15.0 Å². The van der Waals surface area contributed by atoms with Crippen LogP contribution >= 0.6 is 11.3 Å². The van der Waals surface area contributed by atoms with Crippen LogP contribution in [-0.2, 0) is 0 Å². The number of aryl methyl sites for hydroxylation is 1. The van der Waals surface area contributed by atoms with E-state index in [-0.39, 0.29) is 12.6 Å². The number of nitrogens with one attached hydrogen (secondary N) is 2. The number of aliphatic hydroxyl groups is 3. The maximum atomic E-state index is 10.7. The number of para-hydroxylation sites is 1. The number of anilines is 2. The minimum Gasteiger partial charge on any atom is -0.497 e. The summed E-state index contributed by atoms with van der Waals surface area (Å²) < 4.78 is 11.9. The van der Waals surface area contributed by atoms with Gasteiger partial charge in [-0.05, 0) is 50.1 Å². The number of hydrogen-bond donors (Lipinski definition) is 5. The van der Waals surface area contributed by atoms with Crippen LogP contribution in [0, 0.1) is 12.8 Å². The van der Waals surface area contributed by atoms with Crippen molar-refractivity contribution < 1.29 is 24.8 Å². The fraction of sp³-hybridized carbons (Fsp3) is 0.393. The molecule has 1 unspecified atom stereocenters. The van der Waals surface area contributed by atoms with Crippen LogP contribution in [0.5, 0.6) is 11.5 Å². The third-order valence-corrected chi connectivity index (χ3v) is 8.23. The summed E-state index contributed by atoms with van der Waals surface area (Å²) in [4.78, 5) is 14.4. The smallest absolute Gasteiger partial charge is 0.225 e. The Labute approximate surface area is 230 Å². The summed E-state index contributed by atoms with van der Waals surface area (Å²) in [6.45, 7) is 3.68. The number of fused-ring (bicyclic) bond motifs is 1. The van der Waals surface area contributed by atoms with Gasteiger partial charge < -0.3 is 35.4 Å². The summed E-state index contributed by atoms with van der Waals surface area (Å²) in [5.74, 6) is 1.81. The van der Waals surface area contributed by atoms with Crippen molar-refractivity contribution in [1.29, 1.82) is 0 Å². The molecule has 0 spiro atoms. The molecule has 0 radical (unpaired) electrons. The minimum absolute atomic E-state index is 0.188. The monoisotopic (exact) mass is 551 g/mol. The highest BCUT2D eigenvalue weighted by molar-refractivity contribution is 7.21. The van der Waals surface area contributed by atoms with Crippen LogP contribution in [0.2, 0.25) is 0 Å². The fourth-order valence-corrected chi connectivity index (χ4v) is 6.02. The zero-order valence-electron chi connectivity index (χ0n) is 22.3. The molecule has 0 saturated heterocycles. The predicted molar refractivity (Wildman–Crippen MR) is 152 cm³/mol. The second-order valence-corrected chi connectivity index (χ2v) is 10.8. The summed E-state index contributed by atoms with van der Waals surface area (Å²) in [5, 5.41) is 38.2. The fourth-order valence-electron chi connectivity index (χ4n) is 4.96. The summed E-state index contributed by atoms with van der Waals surface area (Å²) in [7, 11) is 3.22. The van der Waals surface area contributed by atoms with Crippen LogP contribution in [-0.4, -0.2) is 69.3 Å². The van der Waals surface area contributed by atoms with Crippen molar-refractivity contribution in [3.8, 4) is 22.1 Å². The van der Waals surface area contributed by atoms with E-state index >= 15 is 0 Å². The lowest BCUT2D eigenvalue weighted by Crippen LogP contribution is -2.35. The number of rotatable bonds is 9. The third kappa shape index (κ3) is 5.48. The molecule has 1 saturated carbocycles. The highest BCUT2D eigenvalue weighted by atomic mass is 32.1. The first-order valence-electron chi connectivity index (χ1n) is 12.8. The third-order valence-electron chi connectivity index (χ3n) is 7.18. The summed E-state index contributed by atoms with van der Waals surface area (Å²) in [5.41, 5.74) is 3.24. The van der Waals surface area contributed by atoms with Crippen molar-refractivity contribution in [3.63, 3.8) is 0 Å². The molecule has 0 aliphatic heterocycles. The van der Waals surface area contributed by atoms with Gasteiger partial charge in [-0.3, -0.25) is 0 Å². The number of nitrogens with zero attached hydrogens (tertiary/aromatic N) is 3. The molecule has 1 aliphatic carbocycles. The van der Waals surface area contributed by atoms with Crippen LogP contribution in [0.3, 0.4) is 0 Å². The first-order valence-corrected chi connectivity index (χ1v) is 13.6. The van der Waals surface area contributed by atoms with Gasteiger partial charge in [0.05, 0.1) is 53.9 Å². The molecular weight excluding hydrogens is 518 g/mol. The second-order valence-electron chi connectivity index (χ2n) is 9.77. The molecule has 2 heterocycles. The lowest BCUT2D eigenvalue weighted by atomic mass is 10.1. The number of benzene rings is 2. The van der Waals surface area contributed by atoms with Crippen LogP contribution < -0.4 is 20.1 Å². The van der Waals surface area contributed by atoms with Gasteiger partial charge in [0.25, 0.3) is 0 Å². The first-order chi connectivity index (χ1) is 18.8. The van der Waals surface area contributed by atoms with Gasteiger partial charge in [0.1, 0.15) is 28.4 Å². The van der Waals surface area contributed by atoms with E-state index in [4.69, 9.17) is 24.4 Å².